The minimum atomic E-state index is -0.305. The van der Waals surface area contributed by atoms with Crippen LogP contribution in [0.3, 0.4) is 0 Å². The van der Waals surface area contributed by atoms with Crippen molar-refractivity contribution < 1.29 is 19.1 Å². The molecular formula is C19H23N3O4. The molecular weight excluding hydrogens is 334 g/mol. The Labute approximate surface area is 152 Å². The zero-order valence-corrected chi connectivity index (χ0v) is 14.9. The molecule has 0 fully saturated rings. The van der Waals surface area contributed by atoms with Crippen LogP contribution in [-0.4, -0.2) is 39.1 Å². The predicted molar refractivity (Wildman–Crippen MR) is 99.7 cm³/mol. The van der Waals surface area contributed by atoms with E-state index in [1.54, 1.807) is 36.4 Å². The number of amides is 2. The Morgan fingerprint density at radius 1 is 1.04 bits per heavy atom. The maximum atomic E-state index is 12.6. The van der Waals surface area contributed by atoms with E-state index in [0.717, 1.165) is 5.56 Å². The summed E-state index contributed by atoms with van der Waals surface area (Å²) in [6.45, 7) is 0.794. The van der Waals surface area contributed by atoms with Crippen molar-refractivity contribution in [3.8, 4) is 11.5 Å². The molecule has 0 spiro atoms. The molecule has 2 rings (SSSR count). The van der Waals surface area contributed by atoms with Gasteiger partial charge in [-0.3, -0.25) is 9.59 Å². The average molecular weight is 357 g/mol. The lowest BCUT2D eigenvalue weighted by atomic mass is 10.1. The fourth-order valence-electron chi connectivity index (χ4n) is 2.42. The fourth-order valence-corrected chi connectivity index (χ4v) is 2.42. The number of ether oxygens (including phenoxy) is 2. The second-order valence-electron chi connectivity index (χ2n) is 5.50. The first-order valence-electron chi connectivity index (χ1n) is 8.17. The summed E-state index contributed by atoms with van der Waals surface area (Å²) >= 11 is 0. The van der Waals surface area contributed by atoms with E-state index in [9.17, 15) is 9.59 Å². The molecule has 0 aliphatic carbocycles. The van der Waals surface area contributed by atoms with Crippen LogP contribution in [0.1, 0.15) is 15.9 Å². The zero-order valence-electron chi connectivity index (χ0n) is 14.9. The van der Waals surface area contributed by atoms with Gasteiger partial charge >= 0.3 is 0 Å². The Bertz CT molecular complexity index is 777. The smallest absolute Gasteiger partial charge is 0.255 e. The summed E-state index contributed by atoms with van der Waals surface area (Å²) < 4.78 is 10.4. The molecule has 7 nitrogen and oxygen atoms in total. The molecule has 138 valence electrons. The molecule has 0 saturated heterocycles. The number of nitrogens with two attached hydrogens (primary N) is 1. The summed E-state index contributed by atoms with van der Waals surface area (Å²) in [4.78, 5) is 24.5. The Kier molecular flexibility index (Phi) is 6.99. The first kappa shape index (κ1) is 19.3. The molecule has 0 atom stereocenters. The van der Waals surface area contributed by atoms with Gasteiger partial charge in [-0.25, -0.2) is 0 Å². The van der Waals surface area contributed by atoms with Gasteiger partial charge < -0.3 is 25.8 Å². The summed E-state index contributed by atoms with van der Waals surface area (Å²) in [5.74, 6) is 0.555. The van der Waals surface area contributed by atoms with Crippen molar-refractivity contribution in [1.29, 1.82) is 0 Å². The molecule has 0 aliphatic rings. The Hall–Kier alpha value is -3.06. The summed E-state index contributed by atoms with van der Waals surface area (Å²) in [5, 5.41) is 5.55. The van der Waals surface area contributed by atoms with Gasteiger partial charge in [-0.15, -0.1) is 0 Å². The van der Waals surface area contributed by atoms with E-state index in [1.807, 2.05) is 6.07 Å². The molecule has 2 aromatic rings. The van der Waals surface area contributed by atoms with E-state index in [4.69, 9.17) is 15.2 Å². The number of nitrogens with one attached hydrogen (secondary N) is 2. The van der Waals surface area contributed by atoms with E-state index in [-0.39, 0.29) is 18.2 Å². The van der Waals surface area contributed by atoms with Crippen molar-refractivity contribution in [2.45, 2.75) is 6.42 Å². The van der Waals surface area contributed by atoms with Gasteiger partial charge in [0.25, 0.3) is 5.91 Å². The van der Waals surface area contributed by atoms with Crippen molar-refractivity contribution in [2.24, 2.45) is 5.73 Å². The van der Waals surface area contributed by atoms with E-state index < -0.39 is 0 Å². The van der Waals surface area contributed by atoms with Gasteiger partial charge in [-0.05, 0) is 29.8 Å². The second kappa shape index (κ2) is 9.43. The number of para-hydroxylation sites is 1. The van der Waals surface area contributed by atoms with E-state index in [0.29, 0.717) is 35.8 Å². The van der Waals surface area contributed by atoms with Gasteiger partial charge in [0, 0.05) is 24.3 Å². The number of hydrogen-bond acceptors (Lipinski definition) is 5. The third kappa shape index (κ3) is 4.97. The van der Waals surface area contributed by atoms with E-state index in [1.165, 1.54) is 14.2 Å². The van der Waals surface area contributed by atoms with E-state index >= 15 is 0 Å². The maximum Gasteiger partial charge on any atom is 0.255 e. The third-order valence-corrected chi connectivity index (χ3v) is 3.73. The number of carbonyl (C=O) groups excluding carboxylic acids is 2. The third-order valence-electron chi connectivity index (χ3n) is 3.73. The predicted octanol–water partition coefficient (Wildman–Crippen LogP) is 1.57. The van der Waals surface area contributed by atoms with Crippen LogP contribution in [0, 0.1) is 0 Å². The van der Waals surface area contributed by atoms with Gasteiger partial charge in [0.1, 0.15) is 0 Å². The highest BCUT2D eigenvalue weighted by Gasteiger charge is 2.13. The van der Waals surface area contributed by atoms with Gasteiger partial charge in [0.15, 0.2) is 11.5 Å². The SMILES string of the molecule is COc1ccc(C(=O)Nc2ccccc2CC(=O)NCCN)cc1OC. The molecule has 2 aromatic carbocycles. The van der Waals surface area contributed by atoms with Crippen LogP contribution < -0.4 is 25.8 Å². The summed E-state index contributed by atoms with van der Waals surface area (Å²) in [7, 11) is 3.04. The number of anilines is 1. The standard InChI is InChI=1S/C19H23N3O4/c1-25-16-8-7-14(11-17(16)26-2)19(24)22-15-6-4-3-5-13(15)12-18(23)21-10-9-20/h3-8,11H,9-10,12,20H2,1-2H3,(H,21,23)(H,22,24). The highest BCUT2D eigenvalue weighted by atomic mass is 16.5. The van der Waals surface area contributed by atoms with Crippen molar-refractivity contribution in [3.63, 3.8) is 0 Å². The zero-order chi connectivity index (χ0) is 18.9. The van der Waals surface area contributed by atoms with Gasteiger partial charge in [0.2, 0.25) is 5.91 Å². The molecule has 0 heterocycles. The number of benzene rings is 2. The van der Waals surface area contributed by atoms with Crippen LogP contribution >= 0.6 is 0 Å². The highest BCUT2D eigenvalue weighted by Crippen LogP contribution is 2.28. The molecule has 2 amide bonds. The van der Waals surface area contributed by atoms with Crippen LogP contribution in [0.4, 0.5) is 5.69 Å². The van der Waals surface area contributed by atoms with Crippen molar-refractivity contribution in [1.82, 2.24) is 5.32 Å². The van der Waals surface area contributed by atoms with Gasteiger partial charge in [-0.2, -0.15) is 0 Å². The molecule has 26 heavy (non-hydrogen) atoms. The first-order valence-corrected chi connectivity index (χ1v) is 8.17. The topological polar surface area (TPSA) is 103 Å². The molecule has 0 aliphatic heterocycles. The van der Waals surface area contributed by atoms with Crippen molar-refractivity contribution in [2.75, 3.05) is 32.6 Å². The second-order valence-corrected chi connectivity index (χ2v) is 5.50. The summed E-state index contributed by atoms with van der Waals surface area (Å²) in [6.07, 6.45) is 0.155. The monoisotopic (exact) mass is 357 g/mol. The molecule has 7 heteroatoms. The number of hydrogen-bond donors (Lipinski definition) is 3. The number of methoxy groups -OCH3 is 2. The van der Waals surface area contributed by atoms with Gasteiger partial charge in [-0.1, -0.05) is 18.2 Å². The maximum absolute atomic E-state index is 12.6. The summed E-state index contributed by atoms with van der Waals surface area (Å²) in [6, 6.07) is 12.1. The Morgan fingerprint density at radius 2 is 1.77 bits per heavy atom. The molecule has 0 aromatic heterocycles. The Balaban J connectivity index is 2.15. The first-order chi connectivity index (χ1) is 12.6. The molecule has 4 N–H and O–H groups in total. The fraction of sp³-hybridized carbons (Fsp3) is 0.263. The van der Waals surface area contributed by atoms with E-state index in [2.05, 4.69) is 10.6 Å². The summed E-state index contributed by atoms with van der Waals surface area (Å²) in [5.41, 5.74) is 7.10. The largest absolute Gasteiger partial charge is 0.493 e. The van der Waals surface area contributed by atoms with Crippen LogP contribution in [0.2, 0.25) is 0 Å². The van der Waals surface area contributed by atoms with Crippen LogP contribution in [0.15, 0.2) is 42.5 Å². The van der Waals surface area contributed by atoms with Crippen molar-refractivity contribution >= 4 is 17.5 Å². The van der Waals surface area contributed by atoms with Crippen LogP contribution in [-0.2, 0) is 11.2 Å². The lowest BCUT2D eigenvalue weighted by Gasteiger charge is -2.13. The minimum absolute atomic E-state index is 0.150. The van der Waals surface area contributed by atoms with Crippen molar-refractivity contribution in [3.05, 3.63) is 53.6 Å². The highest BCUT2D eigenvalue weighted by molar-refractivity contribution is 6.05. The Morgan fingerprint density at radius 3 is 2.46 bits per heavy atom. The lowest BCUT2D eigenvalue weighted by Crippen LogP contribution is -2.30. The lowest BCUT2D eigenvalue weighted by molar-refractivity contribution is -0.120. The minimum Gasteiger partial charge on any atom is -0.493 e. The molecule has 0 saturated carbocycles. The van der Waals surface area contributed by atoms with Crippen LogP contribution in [0.5, 0.6) is 11.5 Å². The number of carbonyl (C=O) groups is 2. The van der Waals surface area contributed by atoms with Crippen LogP contribution in [0.25, 0.3) is 0 Å². The number of rotatable bonds is 8. The average Bonchev–Trinajstić information content (AvgIpc) is 2.67. The quantitative estimate of drug-likeness (QED) is 0.665. The molecule has 0 bridgehead atoms. The molecule has 0 unspecified atom stereocenters. The molecule has 0 radical (unpaired) electrons. The van der Waals surface area contributed by atoms with Gasteiger partial charge in [0.05, 0.1) is 20.6 Å². The normalized spacial score (nSPS) is 10.1.